The van der Waals surface area contributed by atoms with E-state index in [4.69, 9.17) is 9.47 Å². The van der Waals surface area contributed by atoms with Gasteiger partial charge in [0.2, 0.25) is 15.9 Å². The second-order valence-corrected chi connectivity index (χ2v) is 8.55. The molecule has 0 aliphatic rings. The zero-order valence-corrected chi connectivity index (χ0v) is 18.2. The molecule has 7 nitrogen and oxygen atoms in total. The number of sulfonamides is 1. The first kappa shape index (κ1) is 22.5. The van der Waals surface area contributed by atoms with Crippen LogP contribution in [0.1, 0.15) is 31.9 Å². The number of rotatable bonds is 9. The highest BCUT2D eigenvalue weighted by Crippen LogP contribution is 2.27. The van der Waals surface area contributed by atoms with Crippen molar-refractivity contribution < 1.29 is 22.7 Å². The molecule has 0 aliphatic carbocycles. The SMILES string of the molecule is CC[C@@H](C(=O)N[C@@H](C)c1ccc(OC)cc1)N(c1cccc(OC)c1)S(C)(=O)=O. The van der Waals surface area contributed by atoms with Crippen molar-refractivity contribution in [1.82, 2.24) is 5.32 Å². The molecule has 2 atom stereocenters. The Morgan fingerprint density at radius 2 is 1.69 bits per heavy atom. The molecule has 2 aromatic rings. The average molecular weight is 421 g/mol. The van der Waals surface area contributed by atoms with Gasteiger partial charge in [0.25, 0.3) is 0 Å². The van der Waals surface area contributed by atoms with Crippen LogP contribution >= 0.6 is 0 Å². The van der Waals surface area contributed by atoms with Gasteiger partial charge in [-0.05, 0) is 43.2 Å². The number of nitrogens with one attached hydrogen (secondary N) is 1. The van der Waals surface area contributed by atoms with E-state index in [1.54, 1.807) is 38.3 Å². The summed E-state index contributed by atoms with van der Waals surface area (Å²) in [4.78, 5) is 13.0. The third kappa shape index (κ3) is 5.63. The Bertz CT molecular complexity index is 928. The molecule has 0 bridgehead atoms. The number of ether oxygens (including phenoxy) is 2. The van der Waals surface area contributed by atoms with Crippen molar-refractivity contribution in [2.75, 3.05) is 24.8 Å². The topological polar surface area (TPSA) is 84.9 Å². The highest BCUT2D eigenvalue weighted by Gasteiger charge is 2.32. The summed E-state index contributed by atoms with van der Waals surface area (Å²) in [5.74, 6) is 0.863. The summed E-state index contributed by atoms with van der Waals surface area (Å²) in [6, 6.07) is 12.8. The maximum absolute atomic E-state index is 13.0. The van der Waals surface area contributed by atoms with E-state index in [0.29, 0.717) is 17.9 Å². The third-order valence-corrected chi connectivity index (χ3v) is 5.79. The normalized spacial score (nSPS) is 13.3. The number of anilines is 1. The van der Waals surface area contributed by atoms with Crippen molar-refractivity contribution in [2.45, 2.75) is 32.4 Å². The quantitative estimate of drug-likeness (QED) is 0.674. The zero-order valence-electron chi connectivity index (χ0n) is 17.4. The van der Waals surface area contributed by atoms with Crippen LogP contribution in [0.4, 0.5) is 5.69 Å². The van der Waals surface area contributed by atoms with E-state index in [0.717, 1.165) is 21.9 Å². The lowest BCUT2D eigenvalue weighted by Crippen LogP contribution is -2.49. The molecule has 8 heteroatoms. The van der Waals surface area contributed by atoms with Crippen LogP contribution < -0.4 is 19.1 Å². The lowest BCUT2D eigenvalue weighted by molar-refractivity contribution is -0.122. The van der Waals surface area contributed by atoms with Gasteiger partial charge in [0.15, 0.2) is 0 Å². The average Bonchev–Trinajstić information content (AvgIpc) is 2.70. The lowest BCUT2D eigenvalue weighted by atomic mass is 10.1. The molecule has 2 aromatic carbocycles. The van der Waals surface area contributed by atoms with E-state index in [2.05, 4.69) is 5.32 Å². The molecular weight excluding hydrogens is 392 g/mol. The highest BCUT2D eigenvalue weighted by atomic mass is 32.2. The number of methoxy groups -OCH3 is 2. The molecule has 0 spiro atoms. The lowest BCUT2D eigenvalue weighted by Gasteiger charge is -2.31. The number of hydrogen-bond acceptors (Lipinski definition) is 5. The summed E-state index contributed by atoms with van der Waals surface area (Å²) in [6.45, 7) is 3.63. The number of amides is 1. The molecule has 158 valence electrons. The summed E-state index contributed by atoms with van der Waals surface area (Å²) in [5, 5.41) is 2.92. The molecule has 0 fully saturated rings. The molecule has 0 unspecified atom stereocenters. The summed E-state index contributed by atoms with van der Waals surface area (Å²) in [5.41, 5.74) is 1.27. The maximum Gasteiger partial charge on any atom is 0.244 e. The Balaban J connectivity index is 2.29. The van der Waals surface area contributed by atoms with Gasteiger partial charge in [0, 0.05) is 6.07 Å². The van der Waals surface area contributed by atoms with Gasteiger partial charge in [-0.25, -0.2) is 8.42 Å². The largest absolute Gasteiger partial charge is 0.497 e. The minimum Gasteiger partial charge on any atom is -0.497 e. The first-order valence-corrected chi connectivity index (χ1v) is 11.1. The van der Waals surface area contributed by atoms with Gasteiger partial charge in [-0.2, -0.15) is 0 Å². The van der Waals surface area contributed by atoms with Crippen LogP contribution in [0.25, 0.3) is 0 Å². The number of benzene rings is 2. The van der Waals surface area contributed by atoms with Crippen LogP contribution in [-0.4, -0.2) is 40.8 Å². The molecule has 0 heterocycles. The number of carbonyl (C=O) groups is 1. The fourth-order valence-electron chi connectivity index (χ4n) is 3.09. The van der Waals surface area contributed by atoms with Crippen molar-refractivity contribution in [3.05, 3.63) is 54.1 Å². The molecular formula is C21H28N2O5S. The second kappa shape index (κ2) is 9.65. The maximum atomic E-state index is 13.0. The van der Waals surface area contributed by atoms with Crippen molar-refractivity contribution in [3.63, 3.8) is 0 Å². The van der Waals surface area contributed by atoms with Crippen LogP contribution in [0.3, 0.4) is 0 Å². The van der Waals surface area contributed by atoms with E-state index in [-0.39, 0.29) is 11.9 Å². The van der Waals surface area contributed by atoms with Crippen LogP contribution in [0.15, 0.2) is 48.5 Å². The van der Waals surface area contributed by atoms with E-state index < -0.39 is 16.1 Å². The van der Waals surface area contributed by atoms with Crippen LogP contribution in [0, 0.1) is 0 Å². The molecule has 1 amide bonds. The van der Waals surface area contributed by atoms with Gasteiger partial charge in [0.1, 0.15) is 17.5 Å². The first-order chi connectivity index (χ1) is 13.7. The summed E-state index contributed by atoms with van der Waals surface area (Å²) in [6.07, 6.45) is 1.40. The van der Waals surface area contributed by atoms with E-state index in [1.165, 1.54) is 7.11 Å². The smallest absolute Gasteiger partial charge is 0.244 e. The zero-order chi connectivity index (χ0) is 21.6. The monoisotopic (exact) mass is 420 g/mol. The van der Waals surface area contributed by atoms with E-state index in [9.17, 15) is 13.2 Å². The highest BCUT2D eigenvalue weighted by molar-refractivity contribution is 7.92. The molecule has 0 aliphatic heterocycles. The van der Waals surface area contributed by atoms with Gasteiger partial charge in [-0.15, -0.1) is 0 Å². The van der Waals surface area contributed by atoms with Crippen molar-refractivity contribution in [1.29, 1.82) is 0 Å². The Labute approximate surface area is 172 Å². The third-order valence-electron chi connectivity index (χ3n) is 4.61. The molecule has 0 saturated carbocycles. The van der Waals surface area contributed by atoms with Crippen molar-refractivity contribution in [2.24, 2.45) is 0 Å². The van der Waals surface area contributed by atoms with Crippen molar-refractivity contribution in [3.8, 4) is 11.5 Å². The van der Waals surface area contributed by atoms with Crippen LogP contribution in [-0.2, 0) is 14.8 Å². The van der Waals surface area contributed by atoms with Gasteiger partial charge in [-0.3, -0.25) is 9.10 Å². The fourth-order valence-corrected chi connectivity index (χ4v) is 4.30. The number of carbonyl (C=O) groups excluding carboxylic acids is 1. The van der Waals surface area contributed by atoms with Gasteiger partial charge in [0.05, 0.1) is 32.2 Å². The van der Waals surface area contributed by atoms with E-state index in [1.807, 2.05) is 31.2 Å². The van der Waals surface area contributed by atoms with Gasteiger partial charge < -0.3 is 14.8 Å². The number of nitrogens with zero attached hydrogens (tertiary/aromatic N) is 1. The van der Waals surface area contributed by atoms with Gasteiger partial charge in [-0.1, -0.05) is 25.1 Å². The van der Waals surface area contributed by atoms with Crippen LogP contribution in [0.5, 0.6) is 11.5 Å². The Hall–Kier alpha value is -2.74. The molecule has 29 heavy (non-hydrogen) atoms. The van der Waals surface area contributed by atoms with Crippen molar-refractivity contribution >= 4 is 21.6 Å². The second-order valence-electron chi connectivity index (χ2n) is 6.69. The molecule has 2 rings (SSSR count). The predicted octanol–water partition coefficient (Wildman–Crippen LogP) is 3.13. The van der Waals surface area contributed by atoms with Gasteiger partial charge >= 0.3 is 0 Å². The van der Waals surface area contributed by atoms with E-state index >= 15 is 0 Å². The summed E-state index contributed by atoms with van der Waals surface area (Å²) in [7, 11) is -0.616. The summed E-state index contributed by atoms with van der Waals surface area (Å²) >= 11 is 0. The number of hydrogen-bond donors (Lipinski definition) is 1. The fraction of sp³-hybridized carbons (Fsp3) is 0.381. The summed E-state index contributed by atoms with van der Waals surface area (Å²) < 4.78 is 36.6. The predicted molar refractivity (Wildman–Crippen MR) is 114 cm³/mol. The Morgan fingerprint density at radius 1 is 1.07 bits per heavy atom. The Morgan fingerprint density at radius 3 is 2.21 bits per heavy atom. The molecule has 0 radical (unpaired) electrons. The minimum absolute atomic E-state index is 0.297. The first-order valence-electron chi connectivity index (χ1n) is 9.29. The molecule has 0 saturated heterocycles. The molecule has 1 N–H and O–H groups in total. The minimum atomic E-state index is -3.71. The molecule has 0 aromatic heterocycles. The Kier molecular flexibility index (Phi) is 7.50. The van der Waals surface area contributed by atoms with Crippen LogP contribution in [0.2, 0.25) is 0 Å². The standard InChI is InChI=1S/C21H28N2O5S/c1-6-20(21(24)22-15(2)16-10-12-18(27-3)13-11-16)23(29(5,25)26)17-8-7-9-19(14-17)28-4/h7-15,20H,6H2,1-5H3,(H,22,24)/t15-,20-/m0/s1.